The Morgan fingerprint density at radius 3 is 2.44 bits per heavy atom. The number of carbonyl (C=O) groups is 1. The van der Waals surface area contributed by atoms with Gasteiger partial charge < -0.3 is 10.0 Å². The zero-order valence-electron chi connectivity index (χ0n) is 12.4. The van der Waals surface area contributed by atoms with Crippen LogP contribution in [0.1, 0.15) is 59.3 Å². The van der Waals surface area contributed by atoms with Crippen molar-refractivity contribution in [2.45, 2.75) is 65.4 Å². The largest absolute Gasteiger partial charge is 0.393 e. The van der Waals surface area contributed by atoms with Gasteiger partial charge >= 0.3 is 0 Å². The predicted molar refractivity (Wildman–Crippen MR) is 74.3 cm³/mol. The Bertz CT molecular complexity index is 264. The van der Waals surface area contributed by atoms with Gasteiger partial charge in [0.25, 0.3) is 0 Å². The number of hydrogen-bond donors (Lipinski definition) is 1. The van der Waals surface area contributed by atoms with E-state index in [1.165, 1.54) is 25.7 Å². The van der Waals surface area contributed by atoms with Gasteiger partial charge in [-0.2, -0.15) is 0 Å². The van der Waals surface area contributed by atoms with Crippen molar-refractivity contribution in [3.63, 3.8) is 0 Å². The molecule has 1 amide bonds. The lowest BCUT2D eigenvalue weighted by Crippen LogP contribution is -2.32. The quantitative estimate of drug-likeness (QED) is 0.820. The van der Waals surface area contributed by atoms with Crippen molar-refractivity contribution in [3.05, 3.63) is 0 Å². The number of carbonyl (C=O) groups excluding carboxylic acids is 1. The summed E-state index contributed by atoms with van der Waals surface area (Å²) in [5.74, 6) is 0.805. The molecule has 1 N–H and O–H groups in total. The number of amides is 1. The zero-order valence-corrected chi connectivity index (χ0v) is 12.4. The van der Waals surface area contributed by atoms with Gasteiger partial charge in [0.05, 0.1) is 6.10 Å². The monoisotopic (exact) mass is 255 g/mol. The van der Waals surface area contributed by atoms with Crippen LogP contribution in [0.3, 0.4) is 0 Å². The van der Waals surface area contributed by atoms with Crippen molar-refractivity contribution < 1.29 is 9.90 Å². The van der Waals surface area contributed by atoms with Crippen LogP contribution in [0, 0.1) is 11.3 Å². The summed E-state index contributed by atoms with van der Waals surface area (Å²) in [5.41, 5.74) is 0.470. The first-order chi connectivity index (χ1) is 8.30. The molecule has 0 radical (unpaired) electrons. The van der Waals surface area contributed by atoms with Crippen molar-refractivity contribution in [3.8, 4) is 0 Å². The minimum absolute atomic E-state index is 0.236. The molecule has 0 saturated heterocycles. The van der Waals surface area contributed by atoms with Gasteiger partial charge in [-0.15, -0.1) is 0 Å². The highest BCUT2D eigenvalue weighted by Gasteiger charge is 2.28. The third-order valence-electron chi connectivity index (χ3n) is 4.23. The summed E-state index contributed by atoms with van der Waals surface area (Å²) >= 11 is 0. The molecule has 1 fully saturated rings. The standard InChI is InChI=1S/C15H29NO2/c1-12(17)7-10-16(4)14(18)11-13-5-8-15(2,3)9-6-13/h12-13,17H,5-11H2,1-4H3. The van der Waals surface area contributed by atoms with E-state index in [1.54, 1.807) is 11.8 Å². The van der Waals surface area contributed by atoms with E-state index < -0.39 is 0 Å². The summed E-state index contributed by atoms with van der Waals surface area (Å²) in [7, 11) is 1.84. The topological polar surface area (TPSA) is 40.5 Å². The van der Waals surface area contributed by atoms with Gasteiger partial charge in [-0.25, -0.2) is 0 Å². The molecule has 0 heterocycles. The summed E-state index contributed by atoms with van der Waals surface area (Å²) in [6, 6.07) is 0. The van der Waals surface area contributed by atoms with Crippen LogP contribution >= 0.6 is 0 Å². The molecule has 1 rings (SSSR count). The van der Waals surface area contributed by atoms with E-state index >= 15 is 0 Å². The van der Waals surface area contributed by atoms with E-state index in [-0.39, 0.29) is 12.0 Å². The van der Waals surface area contributed by atoms with Crippen LogP contribution in [-0.2, 0) is 4.79 Å². The first kappa shape index (κ1) is 15.5. The molecule has 0 aromatic heterocycles. The second-order valence-electron chi connectivity index (χ2n) is 6.76. The van der Waals surface area contributed by atoms with Crippen molar-refractivity contribution in [1.82, 2.24) is 4.90 Å². The van der Waals surface area contributed by atoms with Crippen LogP contribution in [0.4, 0.5) is 0 Å². The zero-order chi connectivity index (χ0) is 13.8. The molecule has 1 aliphatic rings. The second-order valence-corrected chi connectivity index (χ2v) is 6.76. The Hall–Kier alpha value is -0.570. The molecular weight excluding hydrogens is 226 g/mol. The number of aliphatic hydroxyl groups is 1. The van der Waals surface area contributed by atoms with Crippen molar-refractivity contribution >= 4 is 5.91 Å². The van der Waals surface area contributed by atoms with Crippen LogP contribution in [0.5, 0.6) is 0 Å². The number of rotatable bonds is 5. The molecule has 1 saturated carbocycles. The molecule has 1 aliphatic carbocycles. The number of hydrogen-bond acceptors (Lipinski definition) is 2. The first-order valence-corrected chi connectivity index (χ1v) is 7.22. The molecule has 3 nitrogen and oxygen atoms in total. The molecular formula is C15H29NO2. The van der Waals surface area contributed by atoms with Gasteiger partial charge in [0.15, 0.2) is 0 Å². The molecule has 0 aromatic rings. The van der Waals surface area contributed by atoms with E-state index in [0.29, 0.717) is 30.7 Å². The van der Waals surface area contributed by atoms with Crippen molar-refractivity contribution in [1.29, 1.82) is 0 Å². The minimum Gasteiger partial charge on any atom is -0.393 e. The molecule has 1 atom stereocenters. The molecule has 1 unspecified atom stereocenters. The van der Waals surface area contributed by atoms with Gasteiger partial charge in [-0.1, -0.05) is 13.8 Å². The molecule has 0 aliphatic heterocycles. The SMILES string of the molecule is CC(O)CCN(C)C(=O)CC1CCC(C)(C)CC1. The van der Waals surface area contributed by atoms with Crippen LogP contribution in [-0.4, -0.2) is 35.6 Å². The summed E-state index contributed by atoms with van der Waals surface area (Å²) in [4.78, 5) is 13.8. The highest BCUT2D eigenvalue weighted by Crippen LogP contribution is 2.39. The van der Waals surface area contributed by atoms with E-state index in [4.69, 9.17) is 0 Å². The second kappa shape index (κ2) is 6.55. The Kier molecular flexibility index (Phi) is 5.64. The van der Waals surface area contributed by atoms with E-state index in [1.807, 2.05) is 7.05 Å². The summed E-state index contributed by atoms with van der Waals surface area (Å²) in [6.07, 6.45) is 5.87. The molecule has 0 aromatic carbocycles. The van der Waals surface area contributed by atoms with Gasteiger partial charge in [0, 0.05) is 20.0 Å². The highest BCUT2D eigenvalue weighted by molar-refractivity contribution is 5.76. The highest BCUT2D eigenvalue weighted by atomic mass is 16.3. The Morgan fingerprint density at radius 2 is 1.94 bits per heavy atom. The number of aliphatic hydroxyl groups excluding tert-OH is 1. The van der Waals surface area contributed by atoms with Crippen LogP contribution in [0.2, 0.25) is 0 Å². The molecule has 0 spiro atoms. The van der Waals surface area contributed by atoms with Crippen molar-refractivity contribution in [2.75, 3.05) is 13.6 Å². The fourth-order valence-electron chi connectivity index (χ4n) is 2.57. The maximum Gasteiger partial charge on any atom is 0.222 e. The lowest BCUT2D eigenvalue weighted by Gasteiger charge is -2.34. The predicted octanol–water partition coefficient (Wildman–Crippen LogP) is 2.82. The Morgan fingerprint density at radius 1 is 1.39 bits per heavy atom. The third-order valence-corrected chi connectivity index (χ3v) is 4.23. The average molecular weight is 255 g/mol. The van der Waals surface area contributed by atoms with E-state index in [0.717, 1.165) is 0 Å². The molecule has 18 heavy (non-hydrogen) atoms. The normalized spacial score (nSPS) is 21.6. The lowest BCUT2D eigenvalue weighted by atomic mass is 9.72. The van der Waals surface area contributed by atoms with E-state index in [2.05, 4.69) is 13.8 Å². The first-order valence-electron chi connectivity index (χ1n) is 7.22. The maximum atomic E-state index is 12.0. The summed E-state index contributed by atoms with van der Waals surface area (Å²) < 4.78 is 0. The van der Waals surface area contributed by atoms with Gasteiger partial charge in [0.2, 0.25) is 5.91 Å². The van der Waals surface area contributed by atoms with E-state index in [9.17, 15) is 9.90 Å². The third kappa shape index (κ3) is 5.38. The van der Waals surface area contributed by atoms with Gasteiger partial charge in [0.1, 0.15) is 0 Å². The van der Waals surface area contributed by atoms with Crippen LogP contribution in [0.25, 0.3) is 0 Å². The fourth-order valence-corrected chi connectivity index (χ4v) is 2.57. The van der Waals surface area contributed by atoms with Gasteiger partial charge in [-0.05, 0) is 50.4 Å². The maximum absolute atomic E-state index is 12.0. The van der Waals surface area contributed by atoms with Gasteiger partial charge in [-0.3, -0.25) is 4.79 Å². The van der Waals surface area contributed by atoms with Crippen LogP contribution < -0.4 is 0 Å². The summed E-state index contributed by atoms with van der Waals surface area (Å²) in [5, 5.41) is 9.22. The Labute approximate surface area is 112 Å². The lowest BCUT2D eigenvalue weighted by molar-refractivity contribution is -0.131. The van der Waals surface area contributed by atoms with Crippen LogP contribution in [0.15, 0.2) is 0 Å². The average Bonchev–Trinajstić information content (AvgIpc) is 2.28. The Balaban J connectivity index is 2.28. The minimum atomic E-state index is -0.323. The molecule has 106 valence electrons. The number of nitrogens with zero attached hydrogens (tertiary/aromatic N) is 1. The van der Waals surface area contributed by atoms with Crippen molar-refractivity contribution in [2.24, 2.45) is 11.3 Å². The summed E-state index contributed by atoms with van der Waals surface area (Å²) in [6.45, 7) is 7.07. The smallest absolute Gasteiger partial charge is 0.222 e. The molecule has 0 bridgehead atoms. The fraction of sp³-hybridized carbons (Fsp3) is 0.933. The molecule has 3 heteroatoms.